The summed E-state index contributed by atoms with van der Waals surface area (Å²) in [7, 11) is 0. The minimum atomic E-state index is -0.0549. The minimum Gasteiger partial charge on any atom is -0.207 e. The molecule has 0 fully saturated rings. The van der Waals surface area contributed by atoms with Crippen molar-refractivity contribution in [3.8, 4) is 6.07 Å². The molecule has 0 aliphatic heterocycles. The molecule has 0 amide bonds. The molecule has 2 aromatic carbocycles. The van der Waals surface area contributed by atoms with E-state index >= 15 is 0 Å². The third-order valence-corrected chi connectivity index (χ3v) is 4.89. The van der Waals surface area contributed by atoms with Gasteiger partial charge in [0.1, 0.15) is 5.82 Å². The molecule has 1 aliphatic carbocycles. The highest BCUT2D eigenvalue weighted by Crippen LogP contribution is 2.34. The van der Waals surface area contributed by atoms with E-state index in [1.807, 2.05) is 24.3 Å². The van der Waals surface area contributed by atoms with Crippen LogP contribution >= 0.6 is 0 Å². The number of hydrogen-bond donors (Lipinski definition) is 0. The van der Waals surface area contributed by atoms with Crippen molar-refractivity contribution in [3.63, 3.8) is 0 Å². The van der Waals surface area contributed by atoms with Crippen molar-refractivity contribution in [1.29, 1.82) is 5.26 Å². The Hall–Kier alpha value is -2.14. The molecule has 0 saturated carbocycles. The van der Waals surface area contributed by atoms with Crippen LogP contribution in [0.5, 0.6) is 0 Å². The molecule has 0 aromatic heterocycles. The molecule has 118 valence electrons. The summed E-state index contributed by atoms with van der Waals surface area (Å²) < 4.78 is 14.5. The number of benzene rings is 2. The fourth-order valence-corrected chi connectivity index (χ4v) is 3.53. The molecule has 0 heterocycles. The van der Waals surface area contributed by atoms with E-state index in [9.17, 15) is 4.39 Å². The maximum Gasteiger partial charge on any atom is 0.126 e. The third-order valence-electron chi connectivity index (χ3n) is 4.89. The van der Waals surface area contributed by atoms with E-state index in [1.165, 1.54) is 11.1 Å². The Labute approximate surface area is 137 Å². The molecule has 2 aromatic rings. The molecule has 1 nitrogen and oxygen atoms in total. The molecule has 0 saturated heterocycles. The van der Waals surface area contributed by atoms with Gasteiger partial charge in [0, 0.05) is 0 Å². The van der Waals surface area contributed by atoms with Crippen LogP contribution in [0.15, 0.2) is 36.4 Å². The number of unbranched alkanes of at least 4 members (excludes halogenated alkanes) is 1. The Bertz CT molecular complexity index is 742. The molecule has 0 spiro atoms. The normalized spacial score (nSPS) is 16.7. The smallest absolute Gasteiger partial charge is 0.126 e. The van der Waals surface area contributed by atoms with Gasteiger partial charge < -0.3 is 0 Å². The van der Waals surface area contributed by atoms with E-state index in [2.05, 4.69) is 19.1 Å². The van der Waals surface area contributed by atoms with E-state index < -0.39 is 0 Å². The Morgan fingerprint density at radius 3 is 2.78 bits per heavy atom. The largest absolute Gasteiger partial charge is 0.207 e. The number of halogens is 1. The van der Waals surface area contributed by atoms with Crippen LogP contribution in [-0.2, 0) is 19.3 Å². The molecule has 1 unspecified atom stereocenters. The fourth-order valence-electron chi connectivity index (χ4n) is 3.53. The standard InChI is InChI=1S/C21H22FN/c1-2-3-4-15-6-10-20(21(22)12-15)19-9-8-17-11-16(14-23)5-7-18(17)13-19/h5-7,10-12,19H,2-4,8-9,13H2,1H3. The highest BCUT2D eigenvalue weighted by molar-refractivity contribution is 5.41. The Kier molecular flexibility index (Phi) is 4.76. The van der Waals surface area contributed by atoms with Gasteiger partial charge in [-0.3, -0.25) is 0 Å². The van der Waals surface area contributed by atoms with Gasteiger partial charge in [0.05, 0.1) is 11.6 Å². The average Bonchev–Trinajstić information content (AvgIpc) is 2.59. The summed E-state index contributed by atoms with van der Waals surface area (Å²) in [4.78, 5) is 0. The molecular weight excluding hydrogens is 285 g/mol. The monoisotopic (exact) mass is 307 g/mol. The second-order valence-electron chi connectivity index (χ2n) is 6.49. The summed E-state index contributed by atoms with van der Waals surface area (Å²) >= 11 is 0. The number of rotatable bonds is 4. The van der Waals surface area contributed by atoms with Crippen LogP contribution in [0.25, 0.3) is 0 Å². The molecular formula is C21H22FN. The second kappa shape index (κ2) is 6.96. The Morgan fingerprint density at radius 2 is 2.04 bits per heavy atom. The van der Waals surface area contributed by atoms with Gasteiger partial charge in [-0.15, -0.1) is 0 Å². The predicted octanol–water partition coefficient (Wildman–Crippen LogP) is 5.31. The lowest BCUT2D eigenvalue weighted by Gasteiger charge is -2.25. The van der Waals surface area contributed by atoms with Gasteiger partial charge in [0.25, 0.3) is 0 Å². The first kappa shape index (κ1) is 15.7. The maximum absolute atomic E-state index is 14.5. The zero-order valence-electron chi connectivity index (χ0n) is 13.6. The molecule has 1 aliphatic rings. The first-order valence-corrected chi connectivity index (χ1v) is 8.51. The van der Waals surface area contributed by atoms with Crippen LogP contribution in [0.2, 0.25) is 0 Å². The van der Waals surface area contributed by atoms with E-state index in [1.54, 1.807) is 6.07 Å². The van der Waals surface area contributed by atoms with Crippen molar-refractivity contribution in [1.82, 2.24) is 0 Å². The number of fused-ring (bicyclic) bond motifs is 1. The second-order valence-corrected chi connectivity index (χ2v) is 6.49. The van der Waals surface area contributed by atoms with Crippen molar-refractivity contribution >= 4 is 0 Å². The molecule has 23 heavy (non-hydrogen) atoms. The van der Waals surface area contributed by atoms with E-state index in [0.29, 0.717) is 5.56 Å². The lowest BCUT2D eigenvalue weighted by Crippen LogP contribution is -2.14. The van der Waals surface area contributed by atoms with Gasteiger partial charge in [-0.25, -0.2) is 4.39 Å². The fraction of sp³-hybridized carbons (Fsp3) is 0.381. The van der Waals surface area contributed by atoms with Crippen molar-refractivity contribution in [2.45, 2.75) is 51.4 Å². The topological polar surface area (TPSA) is 23.8 Å². The van der Waals surface area contributed by atoms with Crippen LogP contribution < -0.4 is 0 Å². The summed E-state index contributed by atoms with van der Waals surface area (Å²) in [6.07, 6.45) is 5.94. The molecule has 0 bridgehead atoms. The summed E-state index contributed by atoms with van der Waals surface area (Å²) in [5, 5.41) is 8.99. The molecule has 0 N–H and O–H groups in total. The molecule has 0 radical (unpaired) electrons. The van der Waals surface area contributed by atoms with Gasteiger partial charge >= 0.3 is 0 Å². The van der Waals surface area contributed by atoms with Gasteiger partial charge in [0.15, 0.2) is 0 Å². The van der Waals surface area contributed by atoms with Crippen molar-refractivity contribution in [2.75, 3.05) is 0 Å². The van der Waals surface area contributed by atoms with E-state index in [0.717, 1.165) is 49.7 Å². The lowest BCUT2D eigenvalue weighted by molar-refractivity contribution is 0.532. The van der Waals surface area contributed by atoms with Crippen LogP contribution in [0.4, 0.5) is 4.39 Å². The number of hydrogen-bond acceptors (Lipinski definition) is 1. The van der Waals surface area contributed by atoms with Gasteiger partial charge in [-0.2, -0.15) is 5.26 Å². The maximum atomic E-state index is 14.5. The van der Waals surface area contributed by atoms with Crippen molar-refractivity contribution in [2.24, 2.45) is 0 Å². The van der Waals surface area contributed by atoms with Gasteiger partial charge in [0.2, 0.25) is 0 Å². The molecule has 2 heteroatoms. The van der Waals surface area contributed by atoms with Crippen LogP contribution in [-0.4, -0.2) is 0 Å². The molecule has 3 rings (SSSR count). The lowest BCUT2D eigenvalue weighted by atomic mass is 9.79. The van der Waals surface area contributed by atoms with Crippen LogP contribution in [0, 0.1) is 17.1 Å². The highest BCUT2D eigenvalue weighted by Gasteiger charge is 2.22. The van der Waals surface area contributed by atoms with E-state index in [4.69, 9.17) is 5.26 Å². The summed E-state index contributed by atoms with van der Waals surface area (Å²) in [5.74, 6) is 0.191. The first-order chi connectivity index (χ1) is 11.2. The zero-order valence-corrected chi connectivity index (χ0v) is 13.6. The highest BCUT2D eigenvalue weighted by atomic mass is 19.1. The summed E-state index contributed by atoms with van der Waals surface area (Å²) in [6.45, 7) is 2.15. The number of nitrogens with zero attached hydrogens (tertiary/aromatic N) is 1. The quantitative estimate of drug-likeness (QED) is 0.750. The predicted molar refractivity (Wildman–Crippen MR) is 90.9 cm³/mol. The van der Waals surface area contributed by atoms with E-state index in [-0.39, 0.29) is 11.7 Å². The Morgan fingerprint density at radius 1 is 1.17 bits per heavy atom. The van der Waals surface area contributed by atoms with Crippen LogP contribution in [0.1, 0.15) is 59.9 Å². The minimum absolute atomic E-state index is 0.0549. The van der Waals surface area contributed by atoms with Crippen molar-refractivity contribution < 1.29 is 4.39 Å². The van der Waals surface area contributed by atoms with Crippen molar-refractivity contribution in [3.05, 3.63) is 70.0 Å². The first-order valence-electron chi connectivity index (χ1n) is 8.51. The zero-order chi connectivity index (χ0) is 16.2. The summed E-state index contributed by atoms with van der Waals surface area (Å²) in [5.41, 5.74) is 5.17. The SMILES string of the molecule is CCCCc1ccc(C2CCc3cc(C#N)ccc3C2)c(F)c1. The summed E-state index contributed by atoms with van der Waals surface area (Å²) in [6, 6.07) is 13.9. The Balaban J connectivity index is 1.79. The van der Waals surface area contributed by atoms with Gasteiger partial charge in [-0.1, -0.05) is 31.5 Å². The number of nitriles is 1. The van der Waals surface area contributed by atoms with Gasteiger partial charge in [-0.05, 0) is 78.5 Å². The van der Waals surface area contributed by atoms with Crippen LogP contribution in [0.3, 0.4) is 0 Å². The molecule has 1 atom stereocenters. The number of aryl methyl sites for hydroxylation is 2. The third kappa shape index (κ3) is 3.45. The average molecular weight is 307 g/mol.